The Balaban J connectivity index is 2.69. The van der Waals surface area contributed by atoms with E-state index in [0.717, 1.165) is 11.4 Å². The molecule has 3 heteroatoms. The summed E-state index contributed by atoms with van der Waals surface area (Å²) in [4.78, 5) is 11.8. The van der Waals surface area contributed by atoms with Gasteiger partial charge in [0.25, 0.3) is 0 Å². The minimum Gasteiger partial charge on any atom is -0.320 e. The SMILES string of the molecule is Cc1cccc(-n2cc(CC#N)c(=O)cc2C)c1C. The Labute approximate surface area is 112 Å². The first-order chi connectivity index (χ1) is 9.04. The maximum Gasteiger partial charge on any atom is 0.186 e. The molecule has 0 bridgehead atoms. The normalized spacial score (nSPS) is 10.2. The maximum absolute atomic E-state index is 11.8. The summed E-state index contributed by atoms with van der Waals surface area (Å²) in [5.74, 6) is 0. The molecular formula is C16H16N2O. The minimum atomic E-state index is -0.0689. The Morgan fingerprint density at radius 2 is 2.00 bits per heavy atom. The van der Waals surface area contributed by atoms with Crippen molar-refractivity contribution in [3.63, 3.8) is 0 Å². The van der Waals surface area contributed by atoms with E-state index in [1.165, 1.54) is 11.1 Å². The van der Waals surface area contributed by atoms with Gasteiger partial charge in [0.2, 0.25) is 0 Å². The number of rotatable bonds is 2. The van der Waals surface area contributed by atoms with Gasteiger partial charge in [-0.2, -0.15) is 5.26 Å². The highest BCUT2D eigenvalue weighted by molar-refractivity contribution is 5.46. The van der Waals surface area contributed by atoms with E-state index in [1.807, 2.05) is 29.7 Å². The van der Waals surface area contributed by atoms with Gasteiger partial charge in [-0.05, 0) is 38.0 Å². The monoisotopic (exact) mass is 252 g/mol. The maximum atomic E-state index is 11.8. The van der Waals surface area contributed by atoms with E-state index < -0.39 is 0 Å². The summed E-state index contributed by atoms with van der Waals surface area (Å²) < 4.78 is 1.98. The highest BCUT2D eigenvalue weighted by Crippen LogP contribution is 2.19. The third kappa shape index (κ3) is 2.43. The van der Waals surface area contributed by atoms with E-state index in [9.17, 15) is 4.79 Å². The van der Waals surface area contributed by atoms with Crippen LogP contribution < -0.4 is 5.43 Å². The Bertz CT molecular complexity index is 721. The quantitative estimate of drug-likeness (QED) is 0.825. The predicted octanol–water partition coefficient (Wildman–Crippen LogP) is 2.83. The van der Waals surface area contributed by atoms with Gasteiger partial charge in [-0.25, -0.2) is 0 Å². The summed E-state index contributed by atoms with van der Waals surface area (Å²) in [6, 6.07) is 9.71. The molecule has 2 aromatic rings. The van der Waals surface area contributed by atoms with E-state index in [2.05, 4.69) is 19.9 Å². The summed E-state index contributed by atoms with van der Waals surface area (Å²) in [5, 5.41) is 8.78. The van der Waals surface area contributed by atoms with Crippen LogP contribution in [0, 0.1) is 32.1 Å². The van der Waals surface area contributed by atoms with Gasteiger partial charge in [0.15, 0.2) is 5.43 Å². The van der Waals surface area contributed by atoms with Gasteiger partial charge < -0.3 is 4.57 Å². The molecule has 2 rings (SSSR count). The molecule has 0 aliphatic heterocycles. The summed E-state index contributed by atoms with van der Waals surface area (Å²) >= 11 is 0. The van der Waals surface area contributed by atoms with Gasteiger partial charge in [0.05, 0.1) is 12.5 Å². The average molecular weight is 252 g/mol. The first-order valence-corrected chi connectivity index (χ1v) is 6.20. The van der Waals surface area contributed by atoms with Gasteiger partial charge in [-0.3, -0.25) is 4.79 Å². The van der Waals surface area contributed by atoms with Crippen LogP contribution in [0.25, 0.3) is 5.69 Å². The third-order valence-corrected chi connectivity index (χ3v) is 3.43. The Morgan fingerprint density at radius 1 is 1.26 bits per heavy atom. The number of nitriles is 1. The van der Waals surface area contributed by atoms with Crippen molar-refractivity contribution >= 4 is 0 Å². The second kappa shape index (κ2) is 5.11. The van der Waals surface area contributed by atoms with Crippen LogP contribution in [0.2, 0.25) is 0 Å². The van der Waals surface area contributed by atoms with E-state index in [-0.39, 0.29) is 11.8 Å². The van der Waals surface area contributed by atoms with Gasteiger partial charge in [-0.1, -0.05) is 12.1 Å². The zero-order valence-corrected chi connectivity index (χ0v) is 11.4. The zero-order valence-electron chi connectivity index (χ0n) is 11.4. The largest absolute Gasteiger partial charge is 0.320 e. The first kappa shape index (κ1) is 13.1. The lowest BCUT2D eigenvalue weighted by molar-refractivity contribution is 0.937. The lowest BCUT2D eigenvalue weighted by atomic mass is 10.1. The van der Waals surface area contributed by atoms with Crippen molar-refractivity contribution in [2.24, 2.45) is 0 Å². The summed E-state index contributed by atoms with van der Waals surface area (Å²) in [6.07, 6.45) is 1.92. The molecule has 0 atom stereocenters. The molecular weight excluding hydrogens is 236 g/mol. The summed E-state index contributed by atoms with van der Waals surface area (Å²) in [6.45, 7) is 6.03. The van der Waals surface area contributed by atoms with E-state index in [4.69, 9.17) is 5.26 Å². The fourth-order valence-corrected chi connectivity index (χ4v) is 2.15. The van der Waals surface area contributed by atoms with Crippen LogP contribution in [0.15, 0.2) is 35.3 Å². The standard InChI is InChI=1S/C16H16N2O/c1-11-5-4-6-15(13(11)3)18-10-14(7-8-17)16(19)9-12(18)2/h4-6,9-10H,7H2,1-3H3. The highest BCUT2D eigenvalue weighted by Gasteiger charge is 2.08. The van der Waals surface area contributed by atoms with Crippen molar-refractivity contribution < 1.29 is 0 Å². The van der Waals surface area contributed by atoms with Crippen molar-refractivity contribution in [1.29, 1.82) is 5.26 Å². The second-order valence-electron chi connectivity index (χ2n) is 4.73. The first-order valence-electron chi connectivity index (χ1n) is 6.20. The fraction of sp³-hybridized carbons (Fsp3) is 0.250. The third-order valence-electron chi connectivity index (χ3n) is 3.43. The lowest BCUT2D eigenvalue weighted by Gasteiger charge is -2.15. The lowest BCUT2D eigenvalue weighted by Crippen LogP contribution is -2.14. The van der Waals surface area contributed by atoms with Crippen LogP contribution in [-0.4, -0.2) is 4.57 Å². The summed E-state index contributed by atoms with van der Waals surface area (Å²) in [5.41, 5.74) is 4.78. The van der Waals surface area contributed by atoms with E-state index in [0.29, 0.717) is 5.56 Å². The van der Waals surface area contributed by atoms with Crippen molar-refractivity contribution in [3.05, 3.63) is 63.1 Å². The molecule has 1 aromatic heterocycles. The number of hydrogen-bond donors (Lipinski definition) is 0. The van der Waals surface area contributed by atoms with Crippen molar-refractivity contribution in [2.45, 2.75) is 27.2 Å². The predicted molar refractivity (Wildman–Crippen MR) is 75.6 cm³/mol. The molecule has 0 saturated carbocycles. The smallest absolute Gasteiger partial charge is 0.186 e. The number of aromatic nitrogens is 1. The van der Waals surface area contributed by atoms with Crippen LogP contribution in [0.1, 0.15) is 22.4 Å². The number of aryl methyl sites for hydroxylation is 2. The molecule has 0 aliphatic carbocycles. The van der Waals surface area contributed by atoms with Gasteiger partial charge in [0.1, 0.15) is 0 Å². The van der Waals surface area contributed by atoms with Crippen LogP contribution >= 0.6 is 0 Å². The number of benzene rings is 1. The Morgan fingerprint density at radius 3 is 2.68 bits per heavy atom. The van der Waals surface area contributed by atoms with Gasteiger partial charge in [0, 0.05) is 29.2 Å². The number of hydrogen-bond acceptors (Lipinski definition) is 2. The number of nitrogens with zero attached hydrogens (tertiary/aromatic N) is 2. The summed E-state index contributed by atoms with van der Waals surface area (Å²) in [7, 11) is 0. The van der Waals surface area contributed by atoms with Gasteiger partial charge in [-0.15, -0.1) is 0 Å². The molecule has 0 fully saturated rings. The van der Waals surface area contributed by atoms with Crippen LogP contribution in [0.3, 0.4) is 0 Å². The zero-order chi connectivity index (χ0) is 14.0. The van der Waals surface area contributed by atoms with E-state index >= 15 is 0 Å². The molecule has 0 unspecified atom stereocenters. The molecule has 0 amide bonds. The molecule has 19 heavy (non-hydrogen) atoms. The highest BCUT2D eigenvalue weighted by atomic mass is 16.1. The molecule has 96 valence electrons. The van der Waals surface area contributed by atoms with E-state index in [1.54, 1.807) is 12.3 Å². The Kier molecular flexibility index (Phi) is 3.52. The topological polar surface area (TPSA) is 45.8 Å². The fourth-order valence-electron chi connectivity index (χ4n) is 2.15. The van der Waals surface area contributed by atoms with Crippen molar-refractivity contribution in [2.75, 3.05) is 0 Å². The number of pyridine rings is 1. The van der Waals surface area contributed by atoms with Crippen molar-refractivity contribution in [3.8, 4) is 11.8 Å². The van der Waals surface area contributed by atoms with Crippen molar-refractivity contribution in [1.82, 2.24) is 4.57 Å². The molecule has 0 spiro atoms. The molecule has 1 aromatic carbocycles. The van der Waals surface area contributed by atoms with Crippen LogP contribution in [0.5, 0.6) is 0 Å². The van der Waals surface area contributed by atoms with Crippen LogP contribution in [-0.2, 0) is 6.42 Å². The molecule has 0 saturated heterocycles. The molecule has 0 radical (unpaired) electrons. The molecule has 0 N–H and O–H groups in total. The molecule has 1 heterocycles. The average Bonchev–Trinajstić information content (AvgIpc) is 2.37. The second-order valence-corrected chi connectivity index (χ2v) is 4.73. The minimum absolute atomic E-state index is 0.0689. The molecule has 3 nitrogen and oxygen atoms in total. The van der Waals surface area contributed by atoms with Gasteiger partial charge >= 0.3 is 0 Å². The van der Waals surface area contributed by atoms with Crippen LogP contribution in [0.4, 0.5) is 0 Å². The Hall–Kier alpha value is -2.34. The molecule has 0 aliphatic rings.